The number of nitrogens with zero attached hydrogens (tertiary/aromatic N) is 2. The molecule has 0 aliphatic heterocycles. The van der Waals surface area contributed by atoms with Crippen LogP contribution in [0.2, 0.25) is 5.02 Å². The van der Waals surface area contributed by atoms with E-state index in [2.05, 4.69) is 10.5 Å². The predicted octanol–water partition coefficient (Wildman–Crippen LogP) is 4.10. The number of nitro benzene ring substituents is 1. The molecule has 31 heavy (non-hydrogen) atoms. The second-order valence-electron chi connectivity index (χ2n) is 6.02. The summed E-state index contributed by atoms with van der Waals surface area (Å²) in [6, 6.07) is 12.1. The summed E-state index contributed by atoms with van der Waals surface area (Å²) in [4.78, 5) is 35.2. The summed E-state index contributed by atoms with van der Waals surface area (Å²) in [6.07, 6.45) is 0. The smallest absolute Gasteiger partial charge is 0.346 e. The fourth-order valence-electron chi connectivity index (χ4n) is 2.61. The molecule has 11 heteroatoms. The van der Waals surface area contributed by atoms with Crippen LogP contribution in [0, 0.1) is 10.1 Å². The lowest BCUT2D eigenvalue weighted by atomic mass is 10.1. The number of nitrogens with one attached hydrogen (secondary N) is 1. The molecule has 0 aliphatic carbocycles. The summed E-state index contributed by atoms with van der Waals surface area (Å²) in [7, 11) is 0. The minimum atomic E-state index is -0.747. The lowest BCUT2D eigenvalue weighted by Gasteiger charge is -2.07. The predicted molar refractivity (Wildman–Crippen MR) is 110 cm³/mol. The zero-order valence-corrected chi connectivity index (χ0v) is 16.9. The Morgan fingerprint density at radius 1 is 1.19 bits per heavy atom. The molecule has 1 aromatic heterocycles. The average Bonchev–Trinajstić information content (AvgIpc) is 3.16. The third kappa shape index (κ3) is 5.17. The third-order valence-corrected chi connectivity index (χ3v) is 4.21. The molecule has 2 aromatic carbocycles. The van der Waals surface area contributed by atoms with Gasteiger partial charge in [0, 0.05) is 16.7 Å². The summed E-state index contributed by atoms with van der Waals surface area (Å²) < 4.78 is 15.4. The quantitative estimate of drug-likeness (QED) is 0.311. The molecule has 1 heterocycles. The van der Waals surface area contributed by atoms with Crippen molar-refractivity contribution in [2.75, 3.05) is 18.5 Å². The normalized spacial score (nSPS) is 10.4. The maximum absolute atomic E-state index is 12.5. The van der Waals surface area contributed by atoms with E-state index >= 15 is 0 Å². The van der Waals surface area contributed by atoms with E-state index < -0.39 is 23.4 Å². The van der Waals surface area contributed by atoms with Crippen molar-refractivity contribution < 1.29 is 28.5 Å². The lowest BCUT2D eigenvalue weighted by Crippen LogP contribution is -2.21. The number of hydrogen-bond donors (Lipinski definition) is 1. The molecule has 160 valence electrons. The van der Waals surface area contributed by atoms with Gasteiger partial charge in [0.15, 0.2) is 17.9 Å². The van der Waals surface area contributed by atoms with Crippen molar-refractivity contribution >= 4 is 35.0 Å². The number of ether oxygens (including phenoxy) is 2. The van der Waals surface area contributed by atoms with Crippen LogP contribution in [0.3, 0.4) is 0 Å². The Balaban J connectivity index is 1.81. The van der Waals surface area contributed by atoms with Crippen LogP contribution in [0.5, 0.6) is 5.75 Å². The van der Waals surface area contributed by atoms with E-state index in [9.17, 15) is 19.7 Å². The topological polar surface area (TPSA) is 134 Å². The van der Waals surface area contributed by atoms with Crippen LogP contribution in [0.25, 0.3) is 11.3 Å². The van der Waals surface area contributed by atoms with Crippen LogP contribution < -0.4 is 10.1 Å². The summed E-state index contributed by atoms with van der Waals surface area (Å²) >= 11 is 5.89. The summed E-state index contributed by atoms with van der Waals surface area (Å²) in [5, 5.41) is 17.8. The van der Waals surface area contributed by atoms with Crippen LogP contribution in [0.4, 0.5) is 11.6 Å². The zero-order chi connectivity index (χ0) is 22.4. The Labute approximate surface area is 180 Å². The van der Waals surface area contributed by atoms with E-state index in [0.717, 1.165) is 0 Å². The highest BCUT2D eigenvalue weighted by Gasteiger charge is 2.27. The number of nitro groups is 1. The Kier molecular flexibility index (Phi) is 6.83. The number of benzene rings is 2. The number of carbonyl (C=O) groups is 2. The molecule has 0 atom stereocenters. The number of anilines is 1. The van der Waals surface area contributed by atoms with Crippen molar-refractivity contribution in [2.24, 2.45) is 0 Å². The van der Waals surface area contributed by atoms with Gasteiger partial charge in [-0.25, -0.2) is 4.79 Å². The molecule has 1 amide bonds. The minimum absolute atomic E-state index is 0.0762. The van der Waals surface area contributed by atoms with Crippen molar-refractivity contribution in [1.82, 2.24) is 5.16 Å². The monoisotopic (exact) mass is 445 g/mol. The number of halogens is 1. The number of para-hydroxylation sites is 2. The second kappa shape index (κ2) is 9.72. The fraction of sp³-hybridized carbons (Fsp3) is 0.150. The van der Waals surface area contributed by atoms with Gasteiger partial charge in [-0.1, -0.05) is 41.0 Å². The van der Waals surface area contributed by atoms with Crippen LogP contribution in [0.1, 0.15) is 17.3 Å². The molecular weight excluding hydrogens is 430 g/mol. The number of aromatic nitrogens is 1. The number of carbonyl (C=O) groups excluding carboxylic acids is 2. The van der Waals surface area contributed by atoms with Crippen LogP contribution in [-0.2, 0) is 9.53 Å². The van der Waals surface area contributed by atoms with Gasteiger partial charge in [-0.3, -0.25) is 20.2 Å². The molecule has 0 saturated carbocycles. The summed E-state index contributed by atoms with van der Waals surface area (Å²) in [5.74, 6) is -1.78. The van der Waals surface area contributed by atoms with E-state index in [4.69, 9.17) is 25.6 Å². The van der Waals surface area contributed by atoms with Gasteiger partial charge in [-0.05, 0) is 25.1 Å². The number of amides is 1. The molecule has 3 aromatic rings. The third-order valence-electron chi connectivity index (χ3n) is 3.96. The van der Waals surface area contributed by atoms with E-state index in [0.29, 0.717) is 10.6 Å². The van der Waals surface area contributed by atoms with Crippen molar-refractivity contribution in [3.63, 3.8) is 0 Å². The average molecular weight is 446 g/mol. The Morgan fingerprint density at radius 2 is 1.90 bits per heavy atom. The first kappa shape index (κ1) is 21.8. The molecule has 10 nitrogen and oxygen atoms in total. The summed E-state index contributed by atoms with van der Waals surface area (Å²) in [5.41, 5.74) is 0.313. The van der Waals surface area contributed by atoms with Gasteiger partial charge in [0.25, 0.3) is 5.91 Å². The largest absolute Gasteiger partial charge is 0.477 e. The molecule has 3 rings (SSSR count). The Bertz CT molecular complexity index is 1110. The number of esters is 1. The van der Waals surface area contributed by atoms with Gasteiger partial charge in [-0.2, -0.15) is 0 Å². The van der Waals surface area contributed by atoms with Crippen LogP contribution in [-0.4, -0.2) is 35.2 Å². The minimum Gasteiger partial charge on any atom is -0.477 e. The number of rotatable bonds is 8. The maximum Gasteiger partial charge on any atom is 0.346 e. The summed E-state index contributed by atoms with van der Waals surface area (Å²) in [6.45, 7) is 1.16. The van der Waals surface area contributed by atoms with Crippen molar-refractivity contribution in [2.45, 2.75) is 6.92 Å². The zero-order valence-electron chi connectivity index (χ0n) is 16.2. The molecule has 0 radical (unpaired) electrons. The Hall–Kier alpha value is -3.92. The highest BCUT2D eigenvalue weighted by Crippen LogP contribution is 2.31. The first-order chi connectivity index (χ1) is 14.9. The van der Waals surface area contributed by atoms with E-state index in [1.807, 2.05) is 0 Å². The van der Waals surface area contributed by atoms with Crippen molar-refractivity contribution in [3.8, 4) is 17.0 Å². The molecular formula is C20H16ClN3O7. The second-order valence-corrected chi connectivity index (χ2v) is 6.46. The molecule has 1 N–H and O–H groups in total. The molecule has 0 bridgehead atoms. The van der Waals surface area contributed by atoms with Crippen molar-refractivity contribution in [3.05, 3.63) is 69.2 Å². The SMILES string of the molecule is CCOC(=O)c1c(-c2ccc(Cl)cc2)noc1NC(=O)COc1ccccc1[N+](=O)[O-]. The highest BCUT2D eigenvalue weighted by atomic mass is 35.5. The van der Waals surface area contributed by atoms with Crippen molar-refractivity contribution in [1.29, 1.82) is 0 Å². The van der Waals surface area contributed by atoms with Gasteiger partial charge in [-0.15, -0.1) is 0 Å². The van der Waals surface area contributed by atoms with Crippen LogP contribution >= 0.6 is 11.6 Å². The van der Waals surface area contributed by atoms with Gasteiger partial charge in [0.2, 0.25) is 5.88 Å². The molecule has 0 unspecified atom stereocenters. The molecule has 0 aliphatic rings. The first-order valence-electron chi connectivity index (χ1n) is 8.99. The standard InChI is InChI=1S/C20H16ClN3O7/c1-2-29-20(26)17-18(12-7-9-13(21)10-8-12)23-31-19(17)22-16(25)11-30-15-6-4-3-5-14(15)24(27)28/h3-10H,2,11H2,1H3,(H,22,25). The Morgan fingerprint density at radius 3 is 2.58 bits per heavy atom. The van der Waals surface area contributed by atoms with E-state index in [-0.39, 0.29) is 35.2 Å². The van der Waals surface area contributed by atoms with Gasteiger partial charge in [0.05, 0.1) is 11.5 Å². The van der Waals surface area contributed by atoms with Gasteiger partial charge >= 0.3 is 11.7 Å². The molecule has 0 fully saturated rings. The number of hydrogen-bond acceptors (Lipinski definition) is 8. The van der Waals surface area contributed by atoms with Crippen LogP contribution in [0.15, 0.2) is 53.1 Å². The lowest BCUT2D eigenvalue weighted by molar-refractivity contribution is -0.385. The van der Waals surface area contributed by atoms with E-state index in [1.165, 1.54) is 24.3 Å². The molecule has 0 saturated heterocycles. The fourth-order valence-corrected chi connectivity index (χ4v) is 2.73. The first-order valence-corrected chi connectivity index (χ1v) is 9.37. The van der Waals surface area contributed by atoms with E-state index in [1.54, 1.807) is 31.2 Å². The van der Waals surface area contributed by atoms with Gasteiger partial charge < -0.3 is 14.0 Å². The van der Waals surface area contributed by atoms with Gasteiger partial charge in [0.1, 0.15) is 5.69 Å². The highest BCUT2D eigenvalue weighted by molar-refractivity contribution is 6.30. The maximum atomic E-state index is 12.5. The molecule has 0 spiro atoms.